The molecule has 2 N–H and O–H groups in total. The largest absolute Gasteiger partial charge is 0.511 e. The van der Waals surface area contributed by atoms with Gasteiger partial charge >= 0.3 is 6.09 Å². The molecule has 0 bridgehead atoms. The van der Waals surface area contributed by atoms with E-state index in [1.165, 1.54) is 6.08 Å². The number of aliphatic hydroxyl groups is 1. The SMILES string of the molecule is CCN=C=O.CCNC(=O)OC1=C(c2c(C)cc(C)cc2OC)C(=O)C2CC(OC)CCC12.COc1cc(C)cc(C)c1C1=C(O)C2CC(OC)CCC2C1=O. The number of amides is 1. The van der Waals surface area contributed by atoms with Gasteiger partial charge in [0, 0.05) is 62.1 Å². The minimum Gasteiger partial charge on any atom is -0.511 e. The van der Waals surface area contributed by atoms with Gasteiger partial charge in [0.25, 0.3) is 0 Å². The average molecular weight is 775 g/mol. The summed E-state index contributed by atoms with van der Waals surface area (Å²) in [5, 5.41) is 13.4. The second-order valence-corrected chi connectivity index (χ2v) is 14.8. The lowest BCUT2D eigenvalue weighted by atomic mass is 9.78. The van der Waals surface area contributed by atoms with Crippen molar-refractivity contribution >= 4 is 34.9 Å². The number of aliphatic imine (C=N–C) groups is 1. The molecule has 304 valence electrons. The molecule has 0 heterocycles. The van der Waals surface area contributed by atoms with E-state index in [0.717, 1.165) is 59.1 Å². The lowest BCUT2D eigenvalue weighted by Gasteiger charge is -2.30. The molecule has 12 heteroatoms. The van der Waals surface area contributed by atoms with E-state index in [1.807, 2.05) is 58.9 Å². The summed E-state index contributed by atoms with van der Waals surface area (Å²) in [7, 11) is 6.56. The molecule has 2 saturated carbocycles. The summed E-state index contributed by atoms with van der Waals surface area (Å²) in [4.78, 5) is 50.9. The van der Waals surface area contributed by atoms with E-state index in [-0.39, 0.29) is 53.2 Å². The first-order valence-electron chi connectivity index (χ1n) is 19.4. The van der Waals surface area contributed by atoms with Crippen LogP contribution in [-0.4, -0.2) is 82.6 Å². The summed E-state index contributed by atoms with van der Waals surface area (Å²) in [6.45, 7) is 12.5. The van der Waals surface area contributed by atoms with Gasteiger partial charge in [0.05, 0.1) is 37.6 Å². The molecule has 2 fully saturated rings. The Bertz CT molecular complexity index is 1890. The highest BCUT2D eigenvalue weighted by Crippen LogP contribution is 2.51. The predicted molar refractivity (Wildman–Crippen MR) is 213 cm³/mol. The Kier molecular flexibility index (Phi) is 15.6. The van der Waals surface area contributed by atoms with Crippen molar-refractivity contribution in [1.82, 2.24) is 5.32 Å². The maximum atomic E-state index is 13.5. The van der Waals surface area contributed by atoms with Gasteiger partial charge in [-0.05, 0) is 114 Å². The third-order valence-corrected chi connectivity index (χ3v) is 11.2. The molecule has 4 aliphatic rings. The fourth-order valence-electron chi connectivity index (χ4n) is 8.69. The molecule has 1 amide bonds. The number of alkyl carbamates (subject to hydrolysis) is 1. The molecule has 0 aliphatic heterocycles. The number of carbonyl (C=O) groups excluding carboxylic acids is 4. The molecule has 6 atom stereocenters. The number of benzene rings is 2. The minimum absolute atomic E-state index is 0.0105. The molecule has 56 heavy (non-hydrogen) atoms. The molecule has 2 aromatic carbocycles. The van der Waals surface area contributed by atoms with E-state index >= 15 is 0 Å². The minimum atomic E-state index is -0.527. The van der Waals surface area contributed by atoms with Gasteiger partial charge in [-0.25, -0.2) is 14.6 Å². The van der Waals surface area contributed by atoms with Gasteiger partial charge in [0.1, 0.15) is 23.0 Å². The van der Waals surface area contributed by atoms with Crippen LogP contribution in [0.15, 0.2) is 40.8 Å². The van der Waals surface area contributed by atoms with E-state index in [9.17, 15) is 19.5 Å². The molecule has 0 radical (unpaired) electrons. The number of nitrogens with one attached hydrogen (secondary N) is 1. The van der Waals surface area contributed by atoms with E-state index in [4.69, 9.17) is 28.5 Å². The number of aryl methyl sites for hydroxylation is 4. The quantitative estimate of drug-likeness (QED) is 0.191. The molecule has 6 unspecified atom stereocenters. The smallest absolute Gasteiger partial charge is 0.412 e. The van der Waals surface area contributed by atoms with E-state index in [1.54, 1.807) is 35.4 Å². The van der Waals surface area contributed by atoms with Crippen LogP contribution in [0.3, 0.4) is 0 Å². The zero-order valence-electron chi connectivity index (χ0n) is 34.5. The summed E-state index contributed by atoms with van der Waals surface area (Å²) in [6, 6.07) is 7.86. The fraction of sp³-hybridized carbons (Fsp3) is 0.545. The number of nitrogens with zero attached hydrogens (tertiary/aromatic N) is 1. The first kappa shape index (κ1) is 44.0. The van der Waals surface area contributed by atoms with Crippen LogP contribution in [0.2, 0.25) is 0 Å². The molecule has 6 rings (SSSR count). The van der Waals surface area contributed by atoms with E-state index < -0.39 is 6.09 Å². The van der Waals surface area contributed by atoms with Gasteiger partial charge in [-0.3, -0.25) is 9.59 Å². The lowest BCUT2D eigenvalue weighted by Crippen LogP contribution is -2.32. The molecule has 2 aromatic rings. The predicted octanol–water partition coefficient (Wildman–Crippen LogP) is 7.72. The van der Waals surface area contributed by atoms with Crippen molar-refractivity contribution in [2.24, 2.45) is 28.7 Å². The number of allylic oxidation sites excluding steroid dienone is 4. The van der Waals surface area contributed by atoms with Crippen LogP contribution in [0.4, 0.5) is 4.79 Å². The number of hydrogen-bond acceptors (Lipinski definition) is 11. The van der Waals surface area contributed by atoms with E-state index in [0.29, 0.717) is 54.3 Å². The Morgan fingerprint density at radius 2 is 1.25 bits per heavy atom. The van der Waals surface area contributed by atoms with Gasteiger partial charge in [0.15, 0.2) is 11.6 Å². The Labute approximate surface area is 330 Å². The van der Waals surface area contributed by atoms with Crippen LogP contribution >= 0.6 is 0 Å². The summed E-state index contributed by atoms with van der Waals surface area (Å²) < 4.78 is 27.8. The zero-order chi connectivity index (χ0) is 41.3. The molecule has 0 aromatic heterocycles. The van der Waals surface area contributed by atoms with Gasteiger partial charge in [-0.1, -0.05) is 12.1 Å². The normalized spacial score (nSPS) is 23.8. The Morgan fingerprint density at radius 3 is 1.71 bits per heavy atom. The molecule has 4 aliphatic carbocycles. The van der Waals surface area contributed by atoms with Crippen molar-refractivity contribution in [3.8, 4) is 11.5 Å². The number of rotatable bonds is 9. The maximum absolute atomic E-state index is 13.5. The van der Waals surface area contributed by atoms with Gasteiger partial charge < -0.3 is 34.1 Å². The van der Waals surface area contributed by atoms with E-state index in [2.05, 4.69) is 10.3 Å². The number of fused-ring (bicyclic) bond motifs is 2. The van der Waals surface area contributed by atoms with Crippen molar-refractivity contribution in [2.45, 2.75) is 92.3 Å². The van der Waals surface area contributed by atoms with Crippen LogP contribution in [0, 0.1) is 51.4 Å². The zero-order valence-corrected chi connectivity index (χ0v) is 34.5. The number of methoxy groups -OCH3 is 4. The molecule has 0 spiro atoms. The van der Waals surface area contributed by atoms with Crippen molar-refractivity contribution in [3.05, 3.63) is 69.2 Å². The second-order valence-electron chi connectivity index (χ2n) is 14.8. The van der Waals surface area contributed by atoms with Crippen molar-refractivity contribution in [1.29, 1.82) is 0 Å². The molecular formula is C44H58N2O10. The highest BCUT2D eigenvalue weighted by atomic mass is 16.6. The van der Waals surface area contributed by atoms with Crippen LogP contribution < -0.4 is 14.8 Å². The van der Waals surface area contributed by atoms with Crippen LogP contribution in [0.5, 0.6) is 11.5 Å². The second kappa shape index (κ2) is 19.9. The summed E-state index contributed by atoms with van der Waals surface area (Å²) in [6.07, 6.45) is 5.60. The summed E-state index contributed by atoms with van der Waals surface area (Å²) in [5.41, 5.74) is 6.40. The number of Topliss-reactive ketones (excluding diaryl/α,β-unsaturated/α-hetero) is 2. The number of ketones is 2. The molecule has 12 nitrogen and oxygen atoms in total. The topological polar surface area (TPSA) is 159 Å². The molecular weight excluding hydrogens is 716 g/mol. The van der Waals surface area contributed by atoms with Gasteiger partial charge in [-0.2, -0.15) is 0 Å². The van der Waals surface area contributed by atoms with Crippen LogP contribution in [0.25, 0.3) is 11.1 Å². The first-order chi connectivity index (χ1) is 26.8. The maximum Gasteiger partial charge on any atom is 0.412 e. The van der Waals surface area contributed by atoms with Crippen LogP contribution in [-0.2, 0) is 28.6 Å². The molecule has 0 saturated heterocycles. The number of ether oxygens (including phenoxy) is 5. The van der Waals surface area contributed by atoms with Crippen molar-refractivity contribution in [3.63, 3.8) is 0 Å². The Morgan fingerprint density at radius 1 is 0.750 bits per heavy atom. The number of hydrogen-bond donors (Lipinski definition) is 2. The lowest BCUT2D eigenvalue weighted by molar-refractivity contribution is -0.120. The van der Waals surface area contributed by atoms with Gasteiger partial charge in [0.2, 0.25) is 6.08 Å². The summed E-state index contributed by atoms with van der Waals surface area (Å²) in [5.74, 6) is 1.43. The van der Waals surface area contributed by atoms with Crippen molar-refractivity contribution in [2.75, 3.05) is 41.5 Å². The monoisotopic (exact) mass is 774 g/mol. The van der Waals surface area contributed by atoms with Crippen molar-refractivity contribution < 1.29 is 48.0 Å². The van der Waals surface area contributed by atoms with Crippen LogP contribution in [0.1, 0.15) is 85.8 Å². The standard InChI is InChI=1S/C22H29NO5.C19H24O4.C3H5NO/c1-6-23-22(25)28-21-15-8-7-14(26-4)11-16(15)20(24)19(21)18-13(3)9-12(2)10-17(18)27-5;1-10-7-11(2)16(15(8-10)23-4)17-18(20)13-6-5-12(22-3)9-14(13)19(17)21;1-2-4-3-5/h9-10,14-16H,6-8,11H2,1-5H3,(H,23,25);7-8,12-14,21H,5-6,9H2,1-4H3;2H2,1H3. The highest BCUT2D eigenvalue weighted by molar-refractivity contribution is 6.26. The average Bonchev–Trinajstić information content (AvgIpc) is 3.58. The highest BCUT2D eigenvalue weighted by Gasteiger charge is 2.49. The van der Waals surface area contributed by atoms with Gasteiger partial charge in [-0.15, -0.1) is 0 Å². The number of carbonyl (C=O) groups is 3. The Balaban J connectivity index is 0.000000225. The Hall–Kier alpha value is -4.77. The summed E-state index contributed by atoms with van der Waals surface area (Å²) >= 11 is 0. The number of aliphatic hydroxyl groups excluding tert-OH is 1. The third-order valence-electron chi connectivity index (χ3n) is 11.2. The fourth-order valence-corrected chi connectivity index (χ4v) is 8.69. The first-order valence-corrected chi connectivity index (χ1v) is 19.4. The number of isocyanates is 1. The third kappa shape index (κ3) is 9.42.